The van der Waals surface area contributed by atoms with Gasteiger partial charge in [0.05, 0.1) is 11.1 Å². The van der Waals surface area contributed by atoms with Crippen LogP contribution in [0.2, 0.25) is 0 Å². The highest BCUT2D eigenvalue weighted by Crippen LogP contribution is 2.36. The van der Waals surface area contributed by atoms with Crippen LogP contribution in [0, 0.1) is 17.5 Å². The fourth-order valence-electron chi connectivity index (χ4n) is 3.82. The van der Waals surface area contributed by atoms with Crippen LogP contribution in [0.15, 0.2) is 79.4 Å². The Morgan fingerprint density at radius 1 is 0.758 bits per heavy atom. The van der Waals surface area contributed by atoms with Crippen molar-refractivity contribution in [1.29, 1.82) is 0 Å². The number of allylic oxidation sites excluding steroid dienone is 1. The monoisotopic (exact) mass is 456 g/mol. The van der Waals surface area contributed by atoms with Gasteiger partial charge in [-0.3, -0.25) is 0 Å². The third-order valence-electron chi connectivity index (χ3n) is 5.51. The van der Waals surface area contributed by atoms with E-state index in [4.69, 9.17) is 0 Å². The molecule has 0 nitrogen and oxygen atoms in total. The molecule has 0 aromatic heterocycles. The van der Waals surface area contributed by atoms with Crippen LogP contribution in [-0.4, -0.2) is 0 Å². The van der Waals surface area contributed by atoms with Gasteiger partial charge in [0.1, 0.15) is 17.5 Å². The van der Waals surface area contributed by atoms with Crippen molar-refractivity contribution in [2.24, 2.45) is 0 Å². The van der Waals surface area contributed by atoms with E-state index in [-0.39, 0.29) is 16.7 Å². The number of hydrogen-bond donors (Lipinski definition) is 0. The predicted molar refractivity (Wildman–Crippen MR) is 118 cm³/mol. The van der Waals surface area contributed by atoms with Gasteiger partial charge in [-0.25, -0.2) is 13.2 Å². The minimum atomic E-state index is -4.56. The van der Waals surface area contributed by atoms with Gasteiger partial charge < -0.3 is 0 Å². The Labute approximate surface area is 186 Å². The SMILES string of the molecule is C=CCCc1ccc2c(F)c(-c3cc(F)c(-c4ccc(C(F)(F)F)cc4)c(F)c3)ccc2c1. The second kappa shape index (κ2) is 8.77. The maximum absolute atomic E-state index is 15.2. The Kier molecular flexibility index (Phi) is 6.02. The van der Waals surface area contributed by atoms with Crippen LogP contribution < -0.4 is 0 Å². The zero-order valence-corrected chi connectivity index (χ0v) is 17.3. The first-order chi connectivity index (χ1) is 15.7. The molecule has 0 unspecified atom stereocenters. The average molecular weight is 456 g/mol. The van der Waals surface area contributed by atoms with Crippen molar-refractivity contribution in [2.45, 2.75) is 19.0 Å². The number of aryl methyl sites for hydroxylation is 1. The molecule has 0 atom stereocenters. The maximum Gasteiger partial charge on any atom is 0.416 e. The number of rotatable bonds is 5. The zero-order valence-electron chi connectivity index (χ0n) is 17.3. The maximum atomic E-state index is 15.2. The molecular weight excluding hydrogens is 438 g/mol. The van der Waals surface area contributed by atoms with Crippen molar-refractivity contribution in [3.8, 4) is 22.3 Å². The normalized spacial score (nSPS) is 11.7. The molecule has 4 aromatic rings. The third kappa shape index (κ3) is 4.51. The summed E-state index contributed by atoms with van der Waals surface area (Å²) in [6.45, 7) is 3.68. The van der Waals surface area contributed by atoms with Gasteiger partial charge in [-0.05, 0) is 59.2 Å². The molecule has 0 spiro atoms. The Morgan fingerprint density at radius 3 is 2.03 bits per heavy atom. The van der Waals surface area contributed by atoms with Crippen molar-refractivity contribution >= 4 is 10.8 Å². The number of fused-ring (bicyclic) bond motifs is 1. The molecule has 168 valence electrons. The molecule has 0 heterocycles. The molecule has 0 aliphatic rings. The number of alkyl halides is 3. The summed E-state index contributed by atoms with van der Waals surface area (Å²) >= 11 is 0. The molecule has 0 saturated heterocycles. The summed E-state index contributed by atoms with van der Waals surface area (Å²) < 4.78 is 83.2. The van der Waals surface area contributed by atoms with E-state index >= 15 is 4.39 Å². The van der Waals surface area contributed by atoms with Gasteiger partial charge >= 0.3 is 6.18 Å². The van der Waals surface area contributed by atoms with E-state index in [9.17, 15) is 22.0 Å². The highest BCUT2D eigenvalue weighted by molar-refractivity contribution is 5.89. The minimum absolute atomic E-state index is 0.00389. The topological polar surface area (TPSA) is 0 Å². The van der Waals surface area contributed by atoms with E-state index in [1.54, 1.807) is 24.3 Å². The molecule has 0 aliphatic carbocycles. The molecule has 0 fully saturated rings. The lowest BCUT2D eigenvalue weighted by Crippen LogP contribution is -2.04. The van der Waals surface area contributed by atoms with Crippen LogP contribution in [0.25, 0.3) is 33.0 Å². The third-order valence-corrected chi connectivity index (χ3v) is 5.51. The van der Waals surface area contributed by atoms with E-state index in [0.717, 1.165) is 54.8 Å². The predicted octanol–water partition coefficient (Wildman–Crippen LogP) is 8.73. The molecule has 0 amide bonds. The summed E-state index contributed by atoms with van der Waals surface area (Å²) in [5.41, 5.74) is -0.396. The first-order valence-corrected chi connectivity index (χ1v) is 10.2. The largest absolute Gasteiger partial charge is 0.416 e. The van der Waals surface area contributed by atoms with Gasteiger partial charge in [0.2, 0.25) is 0 Å². The molecule has 33 heavy (non-hydrogen) atoms. The van der Waals surface area contributed by atoms with Crippen LogP contribution >= 0.6 is 0 Å². The quantitative estimate of drug-likeness (QED) is 0.208. The van der Waals surface area contributed by atoms with E-state index in [2.05, 4.69) is 6.58 Å². The van der Waals surface area contributed by atoms with Crippen LogP contribution in [0.3, 0.4) is 0 Å². The lowest BCUT2D eigenvalue weighted by molar-refractivity contribution is -0.137. The number of halogens is 6. The number of benzene rings is 4. The standard InChI is InChI=1S/C27H18F6/c1-2-3-4-16-5-11-21-18(13-16)8-12-22(26(21)30)19-14-23(28)25(24(29)15-19)17-6-9-20(10-7-17)27(31,32)33/h2,5-15H,1,3-4H2. The molecule has 4 aromatic carbocycles. The summed E-state index contributed by atoms with van der Waals surface area (Å²) in [7, 11) is 0. The summed E-state index contributed by atoms with van der Waals surface area (Å²) in [5.74, 6) is -2.60. The Hall–Kier alpha value is -3.54. The van der Waals surface area contributed by atoms with Gasteiger partial charge in [-0.15, -0.1) is 6.58 Å². The van der Waals surface area contributed by atoms with Gasteiger partial charge in [-0.2, -0.15) is 13.2 Å². The Morgan fingerprint density at radius 2 is 1.42 bits per heavy atom. The Bertz CT molecular complexity index is 1310. The van der Waals surface area contributed by atoms with E-state index in [0.29, 0.717) is 10.8 Å². The summed E-state index contributed by atoms with van der Waals surface area (Å²) in [4.78, 5) is 0. The highest BCUT2D eigenvalue weighted by Gasteiger charge is 2.30. The summed E-state index contributed by atoms with van der Waals surface area (Å²) in [5, 5.41) is 0.989. The minimum Gasteiger partial charge on any atom is -0.206 e. The van der Waals surface area contributed by atoms with Crippen LogP contribution in [0.4, 0.5) is 26.3 Å². The fourth-order valence-corrected chi connectivity index (χ4v) is 3.82. The van der Waals surface area contributed by atoms with Crippen molar-refractivity contribution < 1.29 is 26.3 Å². The van der Waals surface area contributed by atoms with Gasteiger partial charge in [-0.1, -0.05) is 48.5 Å². The second-order valence-electron chi connectivity index (χ2n) is 7.70. The molecule has 0 bridgehead atoms. The zero-order chi connectivity index (χ0) is 23.8. The number of hydrogen-bond acceptors (Lipinski definition) is 0. The van der Waals surface area contributed by atoms with Gasteiger partial charge in [0.15, 0.2) is 0 Å². The van der Waals surface area contributed by atoms with Crippen molar-refractivity contribution in [3.05, 3.63) is 108 Å². The van der Waals surface area contributed by atoms with E-state index in [1.807, 2.05) is 6.07 Å². The van der Waals surface area contributed by atoms with Gasteiger partial charge in [0, 0.05) is 10.9 Å². The lowest BCUT2D eigenvalue weighted by atomic mass is 9.95. The van der Waals surface area contributed by atoms with E-state index < -0.39 is 34.8 Å². The average Bonchev–Trinajstić information content (AvgIpc) is 2.77. The van der Waals surface area contributed by atoms with Crippen molar-refractivity contribution in [3.63, 3.8) is 0 Å². The van der Waals surface area contributed by atoms with Crippen LogP contribution in [-0.2, 0) is 12.6 Å². The summed E-state index contributed by atoms with van der Waals surface area (Å²) in [6, 6.07) is 13.9. The molecule has 0 radical (unpaired) electrons. The lowest BCUT2D eigenvalue weighted by Gasteiger charge is -2.12. The van der Waals surface area contributed by atoms with E-state index in [1.165, 1.54) is 6.07 Å². The fraction of sp³-hybridized carbons (Fsp3) is 0.111. The second-order valence-corrected chi connectivity index (χ2v) is 7.70. The van der Waals surface area contributed by atoms with Crippen molar-refractivity contribution in [1.82, 2.24) is 0 Å². The Balaban J connectivity index is 1.73. The smallest absolute Gasteiger partial charge is 0.206 e. The molecule has 0 saturated carbocycles. The molecule has 0 N–H and O–H groups in total. The molecule has 4 rings (SSSR count). The summed E-state index contributed by atoms with van der Waals surface area (Å²) in [6.07, 6.45) is -1.20. The molecule has 6 heteroatoms. The van der Waals surface area contributed by atoms with Gasteiger partial charge in [0.25, 0.3) is 0 Å². The highest BCUT2D eigenvalue weighted by atomic mass is 19.4. The first kappa shape index (κ1) is 22.6. The van der Waals surface area contributed by atoms with Crippen LogP contribution in [0.1, 0.15) is 17.5 Å². The van der Waals surface area contributed by atoms with Crippen molar-refractivity contribution in [2.75, 3.05) is 0 Å². The molecular formula is C27H18F6. The first-order valence-electron chi connectivity index (χ1n) is 10.2. The van der Waals surface area contributed by atoms with Crippen LogP contribution in [0.5, 0.6) is 0 Å². The molecule has 0 aliphatic heterocycles.